The highest BCUT2D eigenvalue weighted by molar-refractivity contribution is 5.23. The Bertz CT molecular complexity index is 369. The molecule has 20 heavy (non-hydrogen) atoms. The van der Waals surface area contributed by atoms with Gasteiger partial charge >= 0.3 is 0 Å². The van der Waals surface area contributed by atoms with Gasteiger partial charge in [-0.15, -0.1) is 0 Å². The van der Waals surface area contributed by atoms with Crippen LogP contribution in [0.25, 0.3) is 0 Å². The molecular weight excluding hydrogens is 252 g/mol. The van der Waals surface area contributed by atoms with Crippen LogP contribution in [0.5, 0.6) is 5.88 Å². The minimum Gasteiger partial charge on any atom is -0.475 e. The minimum absolute atomic E-state index is 0.317. The number of nitrogens with zero attached hydrogens (tertiary/aromatic N) is 1. The number of hydrogen-bond acceptors (Lipinski definition) is 4. The zero-order valence-electron chi connectivity index (χ0n) is 13.2. The van der Waals surface area contributed by atoms with Gasteiger partial charge in [-0.3, -0.25) is 0 Å². The zero-order chi connectivity index (χ0) is 14.8. The maximum Gasteiger partial charge on any atom is 0.213 e. The Labute approximate surface area is 122 Å². The van der Waals surface area contributed by atoms with Crippen molar-refractivity contribution in [2.45, 2.75) is 40.2 Å². The molecule has 1 rings (SSSR count). The van der Waals surface area contributed by atoms with Crippen molar-refractivity contribution in [3.63, 3.8) is 0 Å². The molecule has 1 unspecified atom stereocenters. The molecule has 0 saturated heterocycles. The largest absolute Gasteiger partial charge is 0.475 e. The first kappa shape index (κ1) is 16.9. The second-order valence-corrected chi connectivity index (χ2v) is 5.42. The average Bonchev–Trinajstić information content (AvgIpc) is 2.44. The van der Waals surface area contributed by atoms with Crippen LogP contribution in [0.3, 0.4) is 0 Å². The van der Waals surface area contributed by atoms with Crippen molar-refractivity contribution in [1.29, 1.82) is 0 Å². The summed E-state index contributed by atoms with van der Waals surface area (Å²) in [4.78, 5) is 4.23. The molecule has 0 aromatic carbocycles. The van der Waals surface area contributed by atoms with Crippen molar-refractivity contribution in [2.24, 2.45) is 5.92 Å². The summed E-state index contributed by atoms with van der Waals surface area (Å²) in [6.07, 6.45) is 2.93. The molecule has 1 aromatic heterocycles. The molecule has 0 aliphatic heterocycles. The standard InChI is InChI=1S/C16H28N2O2/c1-5-7-17-14(4)15-6-8-18-16(11-15)20-10-9-19-12-13(2)3/h6,8,11,13-14,17H,5,7,9-10,12H2,1-4H3. The smallest absolute Gasteiger partial charge is 0.213 e. The van der Waals surface area contributed by atoms with Gasteiger partial charge in [0.2, 0.25) is 5.88 Å². The Hall–Kier alpha value is -1.13. The van der Waals surface area contributed by atoms with Gasteiger partial charge in [0.1, 0.15) is 6.61 Å². The van der Waals surface area contributed by atoms with Gasteiger partial charge in [-0.2, -0.15) is 0 Å². The topological polar surface area (TPSA) is 43.4 Å². The summed E-state index contributed by atoms with van der Waals surface area (Å²) in [7, 11) is 0. The molecule has 1 N–H and O–H groups in total. The van der Waals surface area contributed by atoms with Crippen LogP contribution >= 0.6 is 0 Å². The van der Waals surface area contributed by atoms with E-state index >= 15 is 0 Å². The lowest BCUT2D eigenvalue weighted by atomic mass is 10.1. The van der Waals surface area contributed by atoms with Crippen LogP contribution in [0.2, 0.25) is 0 Å². The molecule has 1 aromatic rings. The predicted molar refractivity (Wildman–Crippen MR) is 82.1 cm³/mol. The van der Waals surface area contributed by atoms with Crippen LogP contribution < -0.4 is 10.1 Å². The number of rotatable bonds is 10. The van der Waals surface area contributed by atoms with Gasteiger partial charge in [-0.25, -0.2) is 4.98 Å². The summed E-state index contributed by atoms with van der Waals surface area (Å²) in [5.74, 6) is 1.22. The van der Waals surface area contributed by atoms with Crippen LogP contribution in [-0.2, 0) is 4.74 Å². The van der Waals surface area contributed by atoms with E-state index in [0.717, 1.165) is 19.6 Å². The second-order valence-electron chi connectivity index (χ2n) is 5.42. The predicted octanol–water partition coefficient (Wildman–Crippen LogP) is 3.19. The Kier molecular flexibility index (Phi) is 8.23. The SMILES string of the molecule is CCCNC(C)c1ccnc(OCCOCC(C)C)c1. The van der Waals surface area contributed by atoms with E-state index in [2.05, 4.69) is 38.0 Å². The fraction of sp³-hybridized carbons (Fsp3) is 0.688. The van der Waals surface area contributed by atoms with E-state index in [0.29, 0.717) is 31.1 Å². The van der Waals surface area contributed by atoms with Gasteiger partial charge in [0.05, 0.1) is 6.61 Å². The van der Waals surface area contributed by atoms with Gasteiger partial charge in [0.25, 0.3) is 0 Å². The van der Waals surface area contributed by atoms with E-state index in [-0.39, 0.29) is 0 Å². The lowest BCUT2D eigenvalue weighted by molar-refractivity contribution is 0.0806. The number of hydrogen-bond donors (Lipinski definition) is 1. The van der Waals surface area contributed by atoms with Gasteiger partial charge in [0, 0.05) is 24.9 Å². The Morgan fingerprint density at radius 3 is 2.75 bits per heavy atom. The molecule has 0 saturated carbocycles. The van der Waals surface area contributed by atoms with Gasteiger partial charge in [0.15, 0.2) is 0 Å². The molecule has 0 amide bonds. The first-order valence-electron chi connectivity index (χ1n) is 7.53. The Morgan fingerprint density at radius 2 is 2.05 bits per heavy atom. The summed E-state index contributed by atoms with van der Waals surface area (Å²) in [6, 6.07) is 4.34. The molecule has 4 heteroatoms. The Balaban J connectivity index is 2.35. The highest BCUT2D eigenvalue weighted by Crippen LogP contribution is 2.16. The number of aromatic nitrogens is 1. The molecule has 0 fully saturated rings. The van der Waals surface area contributed by atoms with E-state index in [4.69, 9.17) is 9.47 Å². The van der Waals surface area contributed by atoms with Crippen LogP contribution in [0.4, 0.5) is 0 Å². The Morgan fingerprint density at radius 1 is 1.25 bits per heavy atom. The molecule has 0 bridgehead atoms. The van der Waals surface area contributed by atoms with Crippen LogP contribution in [0.15, 0.2) is 18.3 Å². The van der Waals surface area contributed by atoms with Crippen molar-refractivity contribution in [2.75, 3.05) is 26.4 Å². The van der Waals surface area contributed by atoms with Crippen molar-refractivity contribution < 1.29 is 9.47 Å². The molecule has 1 atom stereocenters. The summed E-state index contributed by atoms with van der Waals surface area (Å²) in [5, 5.41) is 3.46. The molecular formula is C16H28N2O2. The monoisotopic (exact) mass is 280 g/mol. The molecule has 0 aliphatic carbocycles. The fourth-order valence-corrected chi connectivity index (χ4v) is 1.78. The first-order chi connectivity index (χ1) is 9.63. The molecule has 0 spiro atoms. The third kappa shape index (κ3) is 6.87. The minimum atomic E-state index is 0.317. The zero-order valence-corrected chi connectivity index (χ0v) is 13.2. The molecule has 114 valence electrons. The quantitative estimate of drug-likeness (QED) is 0.668. The highest BCUT2D eigenvalue weighted by atomic mass is 16.5. The number of pyridine rings is 1. The van der Waals surface area contributed by atoms with E-state index in [9.17, 15) is 0 Å². The van der Waals surface area contributed by atoms with Crippen molar-refractivity contribution in [3.05, 3.63) is 23.9 Å². The second kappa shape index (κ2) is 9.72. The van der Waals surface area contributed by atoms with Crippen LogP contribution in [0.1, 0.15) is 45.7 Å². The third-order valence-electron chi connectivity index (χ3n) is 2.89. The van der Waals surface area contributed by atoms with E-state index in [1.54, 1.807) is 6.20 Å². The number of nitrogens with one attached hydrogen (secondary N) is 1. The number of ether oxygens (including phenoxy) is 2. The maximum atomic E-state index is 5.62. The molecule has 0 radical (unpaired) electrons. The van der Waals surface area contributed by atoms with E-state index in [1.807, 2.05) is 12.1 Å². The fourth-order valence-electron chi connectivity index (χ4n) is 1.78. The highest BCUT2D eigenvalue weighted by Gasteiger charge is 2.06. The first-order valence-corrected chi connectivity index (χ1v) is 7.53. The van der Waals surface area contributed by atoms with Crippen molar-refractivity contribution in [1.82, 2.24) is 10.3 Å². The lowest BCUT2D eigenvalue weighted by Crippen LogP contribution is -2.19. The average molecular weight is 280 g/mol. The third-order valence-corrected chi connectivity index (χ3v) is 2.89. The van der Waals surface area contributed by atoms with Crippen molar-refractivity contribution >= 4 is 0 Å². The van der Waals surface area contributed by atoms with Crippen LogP contribution in [0, 0.1) is 5.92 Å². The van der Waals surface area contributed by atoms with E-state index in [1.165, 1.54) is 5.56 Å². The molecule has 4 nitrogen and oxygen atoms in total. The molecule has 1 heterocycles. The summed E-state index contributed by atoms with van der Waals surface area (Å²) < 4.78 is 11.1. The van der Waals surface area contributed by atoms with Crippen LogP contribution in [-0.4, -0.2) is 31.3 Å². The normalized spacial score (nSPS) is 12.7. The van der Waals surface area contributed by atoms with Gasteiger partial charge in [-0.05, 0) is 37.4 Å². The maximum absolute atomic E-state index is 5.62. The van der Waals surface area contributed by atoms with Gasteiger partial charge < -0.3 is 14.8 Å². The molecule has 0 aliphatic rings. The lowest BCUT2D eigenvalue weighted by Gasteiger charge is -2.14. The summed E-state index contributed by atoms with van der Waals surface area (Å²) in [5.41, 5.74) is 1.20. The van der Waals surface area contributed by atoms with Gasteiger partial charge in [-0.1, -0.05) is 20.8 Å². The summed E-state index contributed by atoms with van der Waals surface area (Å²) >= 11 is 0. The van der Waals surface area contributed by atoms with Crippen molar-refractivity contribution in [3.8, 4) is 5.88 Å². The summed E-state index contributed by atoms with van der Waals surface area (Å²) in [6.45, 7) is 11.5. The van der Waals surface area contributed by atoms with E-state index < -0.39 is 0 Å².